The number of ether oxygens (including phenoxy) is 1. The number of benzene rings is 1. The van der Waals surface area contributed by atoms with Crippen LogP contribution in [0.1, 0.15) is 57.6 Å². The van der Waals surface area contributed by atoms with E-state index in [2.05, 4.69) is 44.4 Å². The van der Waals surface area contributed by atoms with Crippen molar-refractivity contribution in [1.82, 2.24) is 10.6 Å². The van der Waals surface area contributed by atoms with Gasteiger partial charge in [0.2, 0.25) is 0 Å². The van der Waals surface area contributed by atoms with E-state index in [-0.39, 0.29) is 23.7 Å². The maximum absolute atomic E-state index is 12.3. The van der Waals surface area contributed by atoms with Gasteiger partial charge in [-0.05, 0) is 74.4 Å². The zero-order valence-electron chi connectivity index (χ0n) is 16.1. The summed E-state index contributed by atoms with van der Waals surface area (Å²) in [6.45, 7) is 13.3. The molecule has 1 amide bonds. The Labute approximate surface area is 158 Å². The van der Waals surface area contributed by atoms with E-state index in [1.54, 1.807) is 0 Å². The fourth-order valence-corrected chi connectivity index (χ4v) is 3.28. The van der Waals surface area contributed by atoms with Crippen LogP contribution in [0.3, 0.4) is 0 Å². The molecule has 0 aromatic heterocycles. The summed E-state index contributed by atoms with van der Waals surface area (Å²) in [5, 5.41) is 6.43. The summed E-state index contributed by atoms with van der Waals surface area (Å²) in [5.74, 6) is 1.21. The highest BCUT2D eigenvalue weighted by Gasteiger charge is 2.28. The van der Waals surface area contributed by atoms with Crippen molar-refractivity contribution in [3.8, 4) is 5.75 Å². The van der Waals surface area contributed by atoms with Gasteiger partial charge in [-0.1, -0.05) is 26.8 Å². The van der Waals surface area contributed by atoms with Crippen molar-refractivity contribution in [2.24, 2.45) is 5.41 Å². The number of rotatable bonds is 6. The third-order valence-electron chi connectivity index (χ3n) is 5.05. The SMILES string of the molecule is Cc1cc(OC(C)C(=O)NCC2(C)CCNCC2)ccc1C(C)C.Cl. The van der Waals surface area contributed by atoms with Crippen molar-refractivity contribution in [2.45, 2.75) is 59.5 Å². The third-order valence-corrected chi connectivity index (χ3v) is 5.05. The fourth-order valence-electron chi connectivity index (χ4n) is 3.28. The van der Waals surface area contributed by atoms with E-state index in [9.17, 15) is 4.79 Å². The molecule has 0 radical (unpaired) electrons. The Morgan fingerprint density at radius 2 is 1.92 bits per heavy atom. The summed E-state index contributed by atoms with van der Waals surface area (Å²) < 4.78 is 5.84. The molecule has 0 saturated carbocycles. The van der Waals surface area contributed by atoms with Gasteiger partial charge in [-0.2, -0.15) is 0 Å². The molecule has 2 N–H and O–H groups in total. The first-order valence-corrected chi connectivity index (χ1v) is 9.06. The second kappa shape index (κ2) is 9.44. The van der Waals surface area contributed by atoms with Gasteiger partial charge >= 0.3 is 0 Å². The zero-order chi connectivity index (χ0) is 17.7. The number of aryl methyl sites for hydroxylation is 1. The van der Waals surface area contributed by atoms with Gasteiger partial charge in [-0.25, -0.2) is 0 Å². The molecule has 1 aromatic carbocycles. The van der Waals surface area contributed by atoms with Crippen LogP contribution in [0.15, 0.2) is 18.2 Å². The normalized spacial score (nSPS) is 17.5. The summed E-state index contributed by atoms with van der Waals surface area (Å²) >= 11 is 0. The first kappa shape index (κ1) is 21.8. The van der Waals surface area contributed by atoms with Crippen LogP contribution in [0.25, 0.3) is 0 Å². The molecule has 0 spiro atoms. The highest BCUT2D eigenvalue weighted by Crippen LogP contribution is 2.27. The van der Waals surface area contributed by atoms with Crippen LogP contribution in [0.4, 0.5) is 0 Å². The molecule has 4 nitrogen and oxygen atoms in total. The average Bonchev–Trinajstić information content (AvgIpc) is 2.53. The zero-order valence-corrected chi connectivity index (χ0v) is 17.0. The van der Waals surface area contributed by atoms with Gasteiger partial charge in [-0.3, -0.25) is 4.79 Å². The third kappa shape index (κ3) is 6.19. The van der Waals surface area contributed by atoms with Gasteiger partial charge < -0.3 is 15.4 Å². The lowest BCUT2D eigenvalue weighted by molar-refractivity contribution is -0.127. The van der Waals surface area contributed by atoms with Crippen LogP contribution >= 0.6 is 12.4 Å². The maximum atomic E-state index is 12.3. The number of carbonyl (C=O) groups excluding carboxylic acids is 1. The topological polar surface area (TPSA) is 50.4 Å². The highest BCUT2D eigenvalue weighted by atomic mass is 35.5. The Kier molecular flexibility index (Phi) is 8.23. The second-order valence-electron chi connectivity index (χ2n) is 7.71. The number of hydrogen-bond acceptors (Lipinski definition) is 3. The molecule has 25 heavy (non-hydrogen) atoms. The number of amides is 1. The van der Waals surface area contributed by atoms with Crippen molar-refractivity contribution in [3.63, 3.8) is 0 Å². The molecule has 1 aromatic rings. The van der Waals surface area contributed by atoms with Gasteiger partial charge in [0, 0.05) is 6.54 Å². The van der Waals surface area contributed by atoms with Crippen molar-refractivity contribution < 1.29 is 9.53 Å². The molecule has 1 atom stereocenters. The van der Waals surface area contributed by atoms with E-state index < -0.39 is 6.10 Å². The van der Waals surface area contributed by atoms with Gasteiger partial charge in [0.1, 0.15) is 5.75 Å². The minimum atomic E-state index is -0.486. The van der Waals surface area contributed by atoms with Crippen molar-refractivity contribution >= 4 is 18.3 Å². The number of hydrogen-bond donors (Lipinski definition) is 2. The molecule has 1 fully saturated rings. The van der Waals surface area contributed by atoms with Crippen LogP contribution < -0.4 is 15.4 Å². The standard InChI is InChI=1S/C20H32N2O2.ClH/c1-14(2)18-7-6-17(12-15(18)3)24-16(4)19(23)22-13-20(5)8-10-21-11-9-20;/h6-7,12,14,16,21H,8-11,13H2,1-5H3,(H,22,23);1H. The predicted molar refractivity (Wildman–Crippen MR) is 106 cm³/mol. The first-order chi connectivity index (χ1) is 11.3. The van der Waals surface area contributed by atoms with Gasteiger partial charge in [-0.15, -0.1) is 12.4 Å². The van der Waals surface area contributed by atoms with Crippen molar-refractivity contribution in [1.29, 1.82) is 0 Å². The molecule has 1 unspecified atom stereocenters. The monoisotopic (exact) mass is 368 g/mol. The minimum Gasteiger partial charge on any atom is -0.481 e. The van der Waals surface area contributed by atoms with Crippen LogP contribution in [-0.4, -0.2) is 31.6 Å². The molecule has 1 aliphatic heterocycles. The van der Waals surface area contributed by atoms with E-state index in [1.807, 2.05) is 19.1 Å². The smallest absolute Gasteiger partial charge is 0.260 e. The summed E-state index contributed by atoms with van der Waals surface area (Å²) in [6.07, 6.45) is 1.70. The van der Waals surface area contributed by atoms with Crippen LogP contribution in [-0.2, 0) is 4.79 Å². The van der Waals surface area contributed by atoms with E-state index in [1.165, 1.54) is 11.1 Å². The Balaban J connectivity index is 0.00000312. The minimum absolute atomic E-state index is 0. The molecule has 1 heterocycles. The Bertz CT molecular complexity index is 569. The Hall–Kier alpha value is -1.26. The van der Waals surface area contributed by atoms with Crippen LogP contribution in [0.5, 0.6) is 5.75 Å². The van der Waals surface area contributed by atoms with Crippen molar-refractivity contribution in [2.75, 3.05) is 19.6 Å². The Morgan fingerprint density at radius 3 is 2.48 bits per heavy atom. The largest absolute Gasteiger partial charge is 0.481 e. The Morgan fingerprint density at radius 1 is 1.28 bits per heavy atom. The lowest BCUT2D eigenvalue weighted by Crippen LogP contribution is -2.45. The lowest BCUT2D eigenvalue weighted by Gasteiger charge is -2.34. The molecule has 5 heteroatoms. The summed E-state index contributed by atoms with van der Waals surface area (Å²) in [4.78, 5) is 12.3. The second-order valence-corrected chi connectivity index (χ2v) is 7.71. The highest BCUT2D eigenvalue weighted by molar-refractivity contribution is 5.85. The number of halogens is 1. The van der Waals surface area contributed by atoms with Gasteiger partial charge in [0.05, 0.1) is 0 Å². The van der Waals surface area contributed by atoms with Crippen molar-refractivity contribution in [3.05, 3.63) is 29.3 Å². The molecular weight excluding hydrogens is 336 g/mol. The number of carbonyl (C=O) groups is 1. The summed E-state index contributed by atoms with van der Waals surface area (Å²) in [5.41, 5.74) is 2.71. The predicted octanol–water partition coefficient (Wildman–Crippen LogP) is 3.81. The van der Waals surface area contributed by atoms with E-state index in [4.69, 9.17) is 4.74 Å². The fraction of sp³-hybridized carbons (Fsp3) is 0.650. The van der Waals surface area contributed by atoms with Gasteiger partial charge in [0.15, 0.2) is 6.10 Å². The molecule has 1 aliphatic rings. The van der Waals surface area contributed by atoms with Gasteiger partial charge in [0.25, 0.3) is 5.91 Å². The summed E-state index contributed by atoms with van der Waals surface area (Å²) in [6, 6.07) is 6.07. The van der Waals surface area contributed by atoms with E-state index in [0.717, 1.165) is 31.7 Å². The summed E-state index contributed by atoms with van der Waals surface area (Å²) in [7, 11) is 0. The van der Waals surface area contributed by atoms with Crippen LogP contribution in [0.2, 0.25) is 0 Å². The van der Waals surface area contributed by atoms with E-state index in [0.29, 0.717) is 12.5 Å². The molecule has 0 aliphatic carbocycles. The van der Waals surface area contributed by atoms with E-state index >= 15 is 0 Å². The maximum Gasteiger partial charge on any atom is 0.260 e. The molecule has 1 saturated heterocycles. The molecule has 0 bridgehead atoms. The molecule has 2 rings (SSSR count). The first-order valence-electron chi connectivity index (χ1n) is 9.06. The quantitative estimate of drug-likeness (QED) is 0.802. The number of piperidine rings is 1. The van der Waals surface area contributed by atoms with Crippen LogP contribution in [0, 0.1) is 12.3 Å². The lowest BCUT2D eigenvalue weighted by atomic mass is 9.81. The molecular formula is C20H33ClN2O2. The number of nitrogens with one attached hydrogen (secondary N) is 2. The average molecular weight is 369 g/mol. The molecule has 142 valence electrons.